The van der Waals surface area contributed by atoms with Gasteiger partial charge >= 0.3 is 41.7 Å². The smallest absolute Gasteiger partial charge is 0.663 e. The molecule has 0 bridgehead atoms. The summed E-state index contributed by atoms with van der Waals surface area (Å²) in [5.74, 6) is 2.00. The topological polar surface area (TPSA) is 73.5 Å². The largest absolute Gasteiger partial charge is 3.00 e. The first-order valence-electron chi connectivity index (χ1n) is 17.0. The predicted molar refractivity (Wildman–Crippen MR) is 221 cm³/mol. The summed E-state index contributed by atoms with van der Waals surface area (Å²) in [6.45, 7) is 56.7. The number of hydrogen-bond acceptors (Lipinski definition) is 2. The van der Waals surface area contributed by atoms with Crippen molar-refractivity contribution in [2.24, 2.45) is 9.98 Å². The van der Waals surface area contributed by atoms with Crippen molar-refractivity contribution in [3.8, 4) is 0 Å². The van der Waals surface area contributed by atoms with Gasteiger partial charge < -0.3 is 34.1 Å². The Labute approximate surface area is 323 Å². The molecule has 0 heterocycles. The minimum Gasteiger partial charge on any atom is -0.663 e. The zero-order valence-electron chi connectivity index (χ0n) is 35.0. The Morgan fingerprint density at radius 2 is 0.644 bits per heavy atom. The summed E-state index contributed by atoms with van der Waals surface area (Å²) >= 11 is 0. The summed E-state index contributed by atoms with van der Waals surface area (Å²) in [5, 5.41) is 9.59. The molecule has 0 aliphatic heterocycles. The number of guanidine groups is 2. The zero-order chi connectivity index (χ0) is 36.2. The summed E-state index contributed by atoms with van der Waals surface area (Å²) in [5.41, 5.74) is 0. The first-order valence-corrected chi connectivity index (χ1v) is 34.3. The van der Waals surface area contributed by atoms with Crippen molar-refractivity contribution in [1.29, 1.82) is 0 Å². The molecule has 0 fully saturated rings. The predicted octanol–water partition coefficient (Wildman–Crippen LogP) is 11.6. The Bertz CT molecular complexity index is 756. The van der Waals surface area contributed by atoms with E-state index in [0.29, 0.717) is 30.2 Å². The van der Waals surface area contributed by atoms with E-state index in [1.165, 1.54) is 0 Å². The van der Waals surface area contributed by atoms with E-state index < -0.39 is 41.2 Å². The SMILES string of the molecule is CC(C)N=C([N-]C(C)C)N([Si](C)(C)C)[Si](C)(C)C.CC(C)N=C([N-]C(C)C)N([Si](C)(C)C)[Si](C)(C)C.CC(C)[N-][Si](C)(C)C.[Ce+3]. The average molecular weight is 844 g/mol. The van der Waals surface area contributed by atoms with E-state index in [1.54, 1.807) is 0 Å². The van der Waals surface area contributed by atoms with Crippen LogP contribution in [-0.4, -0.2) is 91.8 Å². The first kappa shape index (κ1) is 52.8. The maximum absolute atomic E-state index is 4.80. The summed E-state index contributed by atoms with van der Waals surface area (Å²) in [7, 11) is -6.89. The van der Waals surface area contributed by atoms with E-state index in [9.17, 15) is 0 Å². The molecule has 0 atom stereocenters. The van der Waals surface area contributed by atoms with Crippen molar-refractivity contribution in [3.05, 3.63) is 15.6 Å². The van der Waals surface area contributed by atoms with Crippen LogP contribution in [0.3, 0.4) is 0 Å². The second-order valence-corrected chi connectivity index (χ2v) is 42.9. The van der Waals surface area contributed by atoms with Crippen LogP contribution in [0.1, 0.15) is 69.2 Å². The molecule has 267 valence electrons. The van der Waals surface area contributed by atoms with E-state index in [4.69, 9.17) is 20.6 Å². The third-order valence-electron chi connectivity index (χ3n) is 5.22. The van der Waals surface area contributed by atoms with Crippen molar-refractivity contribution in [2.45, 2.75) is 198 Å². The van der Waals surface area contributed by atoms with Gasteiger partial charge in [-0.2, -0.15) is 0 Å². The van der Waals surface area contributed by atoms with Gasteiger partial charge in [0.25, 0.3) is 0 Å². The van der Waals surface area contributed by atoms with E-state index in [1.807, 2.05) is 0 Å². The van der Waals surface area contributed by atoms with Gasteiger partial charge in [0.1, 0.15) is 0 Å². The molecule has 0 spiro atoms. The maximum Gasteiger partial charge on any atom is 3.00 e. The van der Waals surface area contributed by atoms with E-state index in [0.717, 1.165) is 11.9 Å². The van der Waals surface area contributed by atoms with E-state index in [2.05, 4.69) is 181 Å². The van der Waals surface area contributed by atoms with Gasteiger partial charge in [0, 0.05) is 11.9 Å². The van der Waals surface area contributed by atoms with E-state index >= 15 is 0 Å². The second-order valence-electron chi connectivity index (χ2n) is 18.2. The molecule has 0 aliphatic carbocycles. The molecule has 0 saturated heterocycles. The van der Waals surface area contributed by atoms with Gasteiger partial charge in [-0.15, -0.1) is 6.04 Å². The number of aliphatic imine (C=N–C) groups is 2. The fourth-order valence-corrected chi connectivity index (χ4v) is 25.7. The number of hydrogen-bond donors (Lipinski definition) is 0. The van der Waals surface area contributed by atoms with Gasteiger partial charge in [-0.25, -0.2) is 0 Å². The molecule has 7 nitrogen and oxygen atoms in total. The molecular weight excluding hydrogens is 763 g/mol. The molecule has 0 unspecified atom stereocenters. The van der Waals surface area contributed by atoms with Gasteiger partial charge in [0.15, 0.2) is 0 Å². The van der Waals surface area contributed by atoms with Crippen LogP contribution in [0.4, 0.5) is 0 Å². The molecule has 0 saturated carbocycles. The van der Waals surface area contributed by atoms with Crippen LogP contribution >= 0.6 is 0 Å². The first-order chi connectivity index (χ1) is 19.1. The molecule has 0 aromatic heterocycles. The molecule has 0 aromatic rings. The molecule has 0 N–H and O–H groups in total. The third-order valence-corrected chi connectivity index (χ3v) is 20.7. The summed E-state index contributed by atoms with van der Waals surface area (Å²) in [6.07, 6.45) is 0. The van der Waals surface area contributed by atoms with E-state index in [-0.39, 0.29) is 41.7 Å². The fraction of sp³-hybridized carbons (Fsp3) is 0.938. The zero-order valence-corrected chi connectivity index (χ0v) is 43.2. The minimum atomic E-state index is -1.45. The summed E-state index contributed by atoms with van der Waals surface area (Å²) < 4.78 is 5.19. The summed E-state index contributed by atoms with van der Waals surface area (Å²) in [4.78, 5) is 14.1. The van der Waals surface area contributed by atoms with Crippen molar-refractivity contribution in [2.75, 3.05) is 0 Å². The van der Waals surface area contributed by atoms with Gasteiger partial charge in [-0.05, 0) is 24.2 Å². The Balaban J connectivity index is -0.000000297. The fourth-order valence-electron chi connectivity index (χ4n) is 5.21. The Morgan fingerprint density at radius 3 is 0.733 bits per heavy atom. The van der Waals surface area contributed by atoms with Crippen molar-refractivity contribution in [3.63, 3.8) is 0 Å². The monoisotopic (exact) mass is 842 g/mol. The van der Waals surface area contributed by atoms with Crippen LogP contribution in [0.5, 0.6) is 0 Å². The van der Waals surface area contributed by atoms with Crippen LogP contribution in [0.2, 0.25) is 98.2 Å². The standard InChI is InChI=1S/2C13H32N3Si2.C6H16NSi.Ce/c2*1-11(2)14-13(15-12(3)4)16(17(5,6)7)18(8,9)10;1-6(2)7-8(3,4)5;/h2*11-12H,1-10H3;6H,1-5H3;/q3*-1;+3. The molecule has 45 heavy (non-hydrogen) atoms. The van der Waals surface area contributed by atoms with Crippen LogP contribution in [0.15, 0.2) is 9.98 Å². The third kappa shape index (κ3) is 28.5. The van der Waals surface area contributed by atoms with Gasteiger partial charge in [0.2, 0.25) is 0 Å². The maximum atomic E-state index is 4.80. The molecular formula is C32H80CeN7Si5. The summed E-state index contributed by atoms with van der Waals surface area (Å²) in [6, 6.07) is 1.74. The van der Waals surface area contributed by atoms with Crippen LogP contribution < -0.4 is 0 Å². The average Bonchev–Trinajstić information content (AvgIpc) is 2.59. The Kier molecular flexibility index (Phi) is 25.7. The van der Waals surface area contributed by atoms with Crippen molar-refractivity contribution < 1.29 is 41.7 Å². The van der Waals surface area contributed by atoms with Gasteiger partial charge in [0.05, 0.1) is 32.9 Å². The van der Waals surface area contributed by atoms with Crippen LogP contribution in [0, 0.1) is 41.7 Å². The van der Waals surface area contributed by atoms with Gasteiger partial charge in [-0.1, -0.05) is 176 Å². The van der Waals surface area contributed by atoms with Crippen molar-refractivity contribution >= 4 is 53.1 Å². The van der Waals surface area contributed by atoms with Crippen LogP contribution in [-0.2, 0) is 0 Å². The molecule has 0 amide bonds. The molecule has 0 aliphatic rings. The van der Waals surface area contributed by atoms with Crippen molar-refractivity contribution in [1.82, 2.24) is 8.46 Å². The quantitative estimate of drug-likeness (QED) is 0.125. The number of nitrogens with zero attached hydrogens (tertiary/aromatic N) is 7. The Hall–Kier alpha value is 0.961. The normalized spacial score (nSPS) is 13.7. The minimum absolute atomic E-state index is 0. The molecule has 0 aromatic carbocycles. The number of rotatable bonds is 10. The molecule has 1 radical (unpaired) electrons. The van der Waals surface area contributed by atoms with Crippen LogP contribution in [0.25, 0.3) is 15.6 Å². The molecule has 0 rings (SSSR count). The van der Waals surface area contributed by atoms with Gasteiger partial charge in [-0.3, -0.25) is 0 Å². The second kappa shape index (κ2) is 21.9. The molecule has 13 heteroatoms. The Morgan fingerprint density at radius 1 is 0.422 bits per heavy atom.